The van der Waals surface area contributed by atoms with Crippen molar-refractivity contribution in [3.05, 3.63) is 29.8 Å². The van der Waals surface area contributed by atoms with E-state index in [1.807, 2.05) is 31.2 Å². The van der Waals surface area contributed by atoms with Crippen LogP contribution in [0.2, 0.25) is 0 Å². The molecule has 2 rings (SSSR count). The van der Waals surface area contributed by atoms with Crippen LogP contribution in [0, 0.1) is 11.3 Å². The van der Waals surface area contributed by atoms with E-state index in [9.17, 15) is 5.11 Å². The molecule has 1 aliphatic carbocycles. The van der Waals surface area contributed by atoms with Crippen LogP contribution in [0.15, 0.2) is 24.3 Å². The molecule has 2 nitrogen and oxygen atoms in total. The lowest BCUT2D eigenvalue weighted by atomic mass is 9.64. The molecule has 2 atom stereocenters. The first kappa shape index (κ1) is 14.4. The molecule has 1 aromatic rings. The minimum absolute atomic E-state index is 0.189. The van der Waals surface area contributed by atoms with Gasteiger partial charge in [-0.05, 0) is 55.2 Å². The summed E-state index contributed by atoms with van der Waals surface area (Å²) < 4.78 is 5.55. The number of hydrogen-bond acceptors (Lipinski definition) is 2. The number of aliphatic hydroxyl groups is 1. The maximum atomic E-state index is 11.1. The highest BCUT2D eigenvalue weighted by Crippen LogP contribution is 2.48. The van der Waals surface area contributed by atoms with Gasteiger partial charge >= 0.3 is 0 Å². The number of benzene rings is 1. The van der Waals surface area contributed by atoms with Gasteiger partial charge in [0.25, 0.3) is 0 Å². The van der Waals surface area contributed by atoms with Gasteiger partial charge in [0.05, 0.1) is 12.2 Å². The van der Waals surface area contributed by atoms with Gasteiger partial charge in [0, 0.05) is 0 Å². The summed E-state index contributed by atoms with van der Waals surface area (Å²) >= 11 is 0. The van der Waals surface area contributed by atoms with E-state index in [1.165, 1.54) is 6.42 Å². The molecular formula is C17H26O2. The van der Waals surface area contributed by atoms with Crippen molar-refractivity contribution in [1.82, 2.24) is 0 Å². The summed E-state index contributed by atoms with van der Waals surface area (Å²) in [5.41, 5.74) is 0.473. The molecule has 1 aromatic carbocycles. The van der Waals surface area contributed by atoms with E-state index in [-0.39, 0.29) is 5.41 Å². The van der Waals surface area contributed by atoms with Gasteiger partial charge < -0.3 is 9.84 Å². The standard InChI is InChI=1S/C17H26O2/c1-5-19-15-8-6-7-14(9-15)17(18)11-13(2)10-16(3,4)12-17/h6-9,13,18H,5,10-12H2,1-4H3. The van der Waals surface area contributed by atoms with E-state index < -0.39 is 5.60 Å². The van der Waals surface area contributed by atoms with Crippen LogP contribution in [0.3, 0.4) is 0 Å². The maximum absolute atomic E-state index is 11.1. The van der Waals surface area contributed by atoms with Crippen LogP contribution < -0.4 is 4.74 Å². The lowest BCUT2D eigenvalue weighted by molar-refractivity contribution is -0.0636. The second-order valence-electron chi connectivity index (χ2n) is 6.85. The third-order valence-electron chi connectivity index (χ3n) is 4.04. The molecule has 0 spiro atoms. The van der Waals surface area contributed by atoms with Crippen LogP contribution in [-0.2, 0) is 5.60 Å². The van der Waals surface area contributed by atoms with Crippen molar-refractivity contribution < 1.29 is 9.84 Å². The van der Waals surface area contributed by atoms with Gasteiger partial charge in [-0.25, -0.2) is 0 Å². The Kier molecular flexibility index (Phi) is 3.91. The van der Waals surface area contributed by atoms with Crippen LogP contribution >= 0.6 is 0 Å². The van der Waals surface area contributed by atoms with E-state index in [0.717, 1.165) is 24.2 Å². The molecule has 0 aliphatic heterocycles. The van der Waals surface area contributed by atoms with Gasteiger partial charge in [-0.3, -0.25) is 0 Å². The van der Waals surface area contributed by atoms with Crippen LogP contribution in [0.5, 0.6) is 5.75 Å². The quantitative estimate of drug-likeness (QED) is 0.888. The largest absolute Gasteiger partial charge is 0.494 e. The molecule has 1 aliphatic rings. The first-order valence-electron chi connectivity index (χ1n) is 7.30. The molecule has 0 amide bonds. The zero-order chi connectivity index (χ0) is 14.1. The molecule has 1 saturated carbocycles. The predicted octanol–water partition coefficient (Wildman–Crippen LogP) is 4.12. The molecule has 1 N–H and O–H groups in total. The zero-order valence-electron chi connectivity index (χ0n) is 12.6. The van der Waals surface area contributed by atoms with Crippen LogP contribution in [-0.4, -0.2) is 11.7 Å². The fourth-order valence-electron chi connectivity index (χ4n) is 3.79. The summed E-state index contributed by atoms with van der Waals surface area (Å²) in [5.74, 6) is 1.40. The number of ether oxygens (including phenoxy) is 1. The predicted molar refractivity (Wildman–Crippen MR) is 78.3 cm³/mol. The fourth-order valence-corrected chi connectivity index (χ4v) is 3.79. The van der Waals surface area contributed by atoms with Gasteiger partial charge in [-0.1, -0.05) is 32.9 Å². The third-order valence-corrected chi connectivity index (χ3v) is 4.04. The van der Waals surface area contributed by atoms with Crippen molar-refractivity contribution in [2.45, 2.75) is 52.6 Å². The molecule has 0 saturated heterocycles. The lowest BCUT2D eigenvalue weighted by Crippen LogP contribution is -2.39. The molecule has 0 radical (unpaired) electrons. The fraction of sp³-hybridized carbons (Fsp3) is 0.647. The summed E-state index contributed by atoms with van der Waals surface area (Å²) in [6.07, 6.45) is 2.84. The Balaban J connectivity index is 2.30. The minimum Gasteiger partial charge on any atom is -0.494 e. The molecule has 0 aromatic heterocycles. The van der Waals surface area contributed by atoms with Crippen molar-refractivity contribution in [1.29, 1.82) is 0 Å². The van der Waals surface area contributed by atoms with Gasteiger partial charge in [0.2, 0.25) is 0 Å². The number of rotatable bonds is 3. The van der Waals surface area contributed by atoms with Crippen molar-refractivity contribution in [3.63, 3.8) is 0 Å². The maximum Gasteiger partial charge on any atom is 0.119 e. The van der Waals surface area contributed by atoms with Crippen LogP contribution in [0.1, 0.15) is 52.5 Å². The second-order valence-corrected chi connectivity index (χ2v) is 6.85. The SMILES string of the molecule is CCOc1cccc(C2(O)CC(C)CC(C)(C)C2)c1. The molecule has 19 heavy (non-hydrogen) atoms. The Morgan fingerprint density at radius 1 is 1.32 bits per heavy atom. The molecule has 2 unspecified atom stereocenters. The monoisotopic (exact) mass is 262 g/mol. The molecular weight excluding hydrogens is 236 g/mol. The Morgan fingerprint density at radius 2 is 2.05 bits per heavy atom. The second kappa shape index (κ2) is 5.16. The lowest BCUT2D eigenvalue weighted by Gasteiger charge is -2.45. The van der Waals surface area contributed by atoms with E-state index in [1.54, 1.807) is 0 Å². The Hall–Kier alpha value is -1.02. The topological polar surface area (TPSA) is 29.5 Å². The molecule has 2 heteroatoms. The third kappa shape index (κ3) is 3.30. The van der Waals surface area contributed by atoms with E-state index in [0.29, 0.717) is 12.5 Å². The molecule has 0 bridgehead atoms. The van der Waals surface area contributed by atoms with Crippen molar-refractivity contribution >= 4 is 0 Å². The Bertz CT molecular complexity index is 439. The number of hydrogen-bond donors (Lipinski definition) is 1. The van der Waals surface area contributed by atoms with E-state index >= 15 is 0 Å². The normalized spacial score (nSPS) is 30.1. The van der Waals surface area contributed by atoms with Gasteiger partial charge in [0.1, 0.15) is 5.75 Å². The summed E-state index contributed by atoms with van der Waals surface area (Å²) in [4.78, 5) is 0. The van der Waals surface area contributed by atoms with Crippen LogP contribution in [0.4, 0.5) is 0 Å². The average molecular weight is 262 g/mol. The smallest absolute Gasteiger partial charge is 0.119 e. The molecule has 0 heterocycles. The zero-order valence-corrected chi connectivity index (χ0v) is 12.6. The first-order chi connectivity index (χ1) is 8.85. The average Bonchev–Trinajstić information content (AvgIpc) is 2.26. The molecule has 106 valence electrons. The van der Waals surface area contributed by atoms with Gasteiger partial charge in [-0.2, -0.15) is 0 Å². The van der Waals surface area contributed by atoms with Crippen LogP contribution in [0.25, 0.3) is 0 Å². The summed E-state index contributed by atoms with van der Waals surface area (Å²) in [7, 11) is 0. The summed E-state index contributed by atoms with van der Waals surface area (Å²) in [6.45, 7) is 9.37. The van der Waals surface area contributed by atoms with Gasteiger partial charge in [0.15, 0.2) is 0 Å². The van der Waals surface area contributed by atoms with Crippen molar-refractivity contribution in [2.24, 2.45) is 11.3 Å². The Labute approximate surface area is 116 Å². The molecule has 1 fully saturated rings. The van der Waals surface area contributed by atoms with Gasteiger partial charge in [-0.15, -0.1) is 0 Å². The highest BCUT2D eigenvalue weighted by atomic mass is 16.5. The minimum atomic E-state index is -0.714. The van der Waals surface area contributed by atoms with E-state index in [4.69, 9.17) is 4.74 Å². The van der Waals surface area contributed by atoms with E-state index in [2.05, 4.69) is 20.8 Å². The Morgan fingerprint density at radius 3 is 2.68 bits per heavy atom. The highest BCUT2D eigenvalue weighted by Gasteiger charge is 2.42. The summed E-state index contributed by atoms with van der Waals surface area (Å²) in [5, 5.41) is 11.1. The highest BCUT2D eigenvalue weighted by molar-refractivity contribution is 5.33. The van der Waals surface area contributed by atoms with Crippen molar-refractivity contribution in [2.75, 3.05) is 6.61 Å². The van der Waals surface area contributed by atoms with Crippen molar-refractivity contribution in [3.8, 4) is 5.75 Å². The summed E-state index contributed by atoms with van der Waals surface area (Å²) in [6, 6.07) is 7.95. The first-order valence-corrected chi connectivity index (χ1v) is 7.30.